The van der Waals surface area contributed by atoms with E-state index in [9.17, 15) is 4.79 Å². The monoisotopic (exact) mass is 274 g/mol. The van der Waals surface area contributed by atoms with E-state index in [4.69, 9.17) is 0 Å². The standard InChI is InChI=1S/C10H8OTe/c1-7(11)9-3-2-8-4-5-12-10(8)6-9/h2-6H,1H3. The molecule has 2 rings (SSSR count). The number of rotatable bonds is 1. The van der Waals surface area contributed by atoms with Crippen molar-refractivity contribution in [2.45, 2.75) is 6.92 Å². The van der Waals surface area contributed by atoms with Gasteiger partial charge < -0.3 is 0 Å². The van der Waals surface area contributed by atoms with Gasteiger partial charge in [0.1, 0.15) is 0 Å². The average Bonchev–Trinajstić information content (AvgIpc) is 2.49. The first-order valence-corrected chi connectivity index (χ1v) is 6.26. The van der Waals surface area contributed by atoms with Crippen LogP contribution >= 0.6 is 0 Å². The number of ketones is 1. The minimum absolute atomic E-state index is 0.120. The predicted molar refractivity (Wildman–Crippen MR) is 50.9 cm³/mol. The van der Waals surface area contributed by atoms with Crippen LogP contribution in [0.2, 0.25) is 0 Å². The van der Waals surface area contributed by atoms with Gasteiger partial charge in [0.25, 0.3) is 0 Å². The molecule has 60 valence electrons. The van der Waals surface area contributed by atoms with E-state index in [1.54, 1.807) is 6.92 Å². The molecule has 0 atom stereocenters. The van der Waals surface area contributed by atoms with Crippen LogP contribution in [0.1, 0.15) is 17.3 Å². The summed E-state index contributed by atoms with van der Waals surface area (Å²) >= 11 is -0.120. The number of carbonyl (C=O) groups excluding carboxylic acids is 1. The third-order valence-corrected chi connectivity index (χ3v) is 4.37. The molecule has 0 bridgehead atoms. The third kappa shape index (κ3) is 1.33. The van der Waals surface area contributed by atoms with Gasteiger partial charge in [-0.2, -0.15) is 0 Å². The van der Waals surface area contributed by atoms with Crippen molar-refractivity contribution in [3.05, 3.63) is 33.9 Å². The van der Waals surface area contributed by atoms with Crippen molar-refractivity contribution in [2.75, 3.05) is 0 Å². The van der Waals surface area contributed by atoms with E-state index in [2.05, 4.69) is 10.1 Å². The summed E-state index contributed by atoms with van der Waals surface area (Å²) in [4.78, 5) is 11.0. The molecule has 0 saturated heterocycles. The zero-order valence-electron chi connectivity index (χ0n) is 6.70. The molecule has 0 fully saturated rings. The normalized spacial score (nSPS) is 10.4. The maximum absolute atomic E-state index is 11.0. The van der Waals surface area contributed by atoms with Gasteiger partial charge in [-0.25, -0.2) is 0 Å². The van der Waals surface area contributed by atoms with Crippen molar-refractivity contribution in [3.63, 3.8) is 0 Å². The molecule has 12 heavy (non-hydrogen) atoms. The van der Waals surface area contributed by atoms with Crippen LogP contribution in [0.5, 0.6) is 0 Å². The quantitative estimate of drug-likeness (QED) is 0.573. The molecule has 0 aliphatic heterocycles. The Labute approximate surface area is 80.6 Å². The van der Waals surface area contributed by atoms with Crippen LogP contribution in [0.25, 0.3) is 8.79 Å². The Morgan fingerprint density at radius 1 is 1.33 bits per heavy atom. The Morgan fingerprint density at radius 2 is 2.17 bits per heavy atom. The van der Waals surface area contributed by atoms with E-state index >= 15 is 0 Å². The third-order valence-electron chi connectivity index (χ3n) is 1.86. The number of hydrogen-bond acceptors (Lipinski definition) is 1. The Kier molecular flexibility index (Phi) is 2.04. The summed E-state index contributed by atoms with van der Waals surface area (Å²) in [5.41, 5.74) is 0.850. The van der Waals surface area contributed by atoms with Crippen molar-refractivity contribution in [2.24, 2.45) is 0 Å². The molecule has 1 heterocycles. The van der Waals surface area contributed by atoms with E-state index in [1.165, 1.54) is 8.79 Å². The van der Waals surface area contributed by atoms with Crippen LogP contribution in [0, 0.1) is 0 Å². The molecule has 0 amide bonds. The molecule has 0 aliphatic rings. The molecule has 0 saturated carbocycles. The molecule has 0 radical (unpaired) electrons. The second kappa shape index (κ2) is 3.05. The summed E-state index contributed by atoms with van der Waals surface area (Å²) in [5, 5.41) is 1.31. The summed E-state index contributed by atoms with van der Waals surface area (Å²) in [6.45, 7) is 1.62. The number of fused-ring (bicyclic) bond motifs is 1. The van der Waals surface area contributed by atoms with Gasteiger partial charge >= 0.3 is 80.6 Å². The Balaban J connectivity index is 2.68. The minimum atomic E-state index is -0.120. The van der Waals surface area contributed by atoms with E-state index in [1.807, 2.05) is 18.2 Å². The summed E-state index contributed by atoms with van der Waals surface area (Å²) in [6.07, 6.45) is 0. The van der Waals surface area contributed by atoms with Crippen molar-refractivity contribution in [1.82, 2.24) is 0 Å². The zero-order chi connectivity index (χ0) is 8.55. The number of carbonyl (C=O) groups is 1. The van der Waals surface area contributed by atoms with Crippen molar-refractivity contribution >= 4 is 35.0 Å². The summed E-state index contributed by atoms with van der Waals surface area (Å²) < 4.78 is 3.65. The van der Waals surface area contributed by atoms with Gasteiger partial charge in [-0.1, -0.05) is 0 Å². The maximum atomic E-state index is 11.0. The van der Waals surface area contributed by atoms with Crippen LogP contribution in [-0.4, -0.2) is 26.2 Å². The van der Waals surface area contributed by atoms with Crippen LogP contribution in [0.15, 0.2) is 28.3 Å². The molecular formula is C10H8OTe. The van der Waals surface area contributed by atoms with Gasteiger partial charge in [0.05, 0.1) is 0 Å². The predicted octanol–water partition coefficient (Wildman–Crippen LogP) is 2.10. The summed E-state index contributed by atoms with van der Waals surface area (Å²) in [5.74, 6) is 0.164. The number of benzene rings is 1. The van der Waals surface area contributed by atoms with Crippen LogP contribution in [0.4, 0.5) is 0 Å². The molecule has 1 aromatic carbocycles. The first-order chi connectivity index (χ1) is 5.77. The van der Waals surface area contributed by atoms with Crippen molar-refractivity contribution in [1.29, 1.82) is 0 Å². The van der Waals surface area contributed by atoms with E-state index in [0.717, 1.165) is 5.56 Å². The van der Waals surface area contributed by atoms with Gasteiger partial charge in [0, 0.05) is 0 Å². The molecule has 1 aromatic heterocycles. The molecule has 0 spiro atoms. The van der Waals surface area contributed by atoms with E-state index in [-0.39, 0.29) is 26.2 Å². The van der Waals surface area contributed by atoms with Gasteiger partial charge in [-0.05, 0) is 0 Å². The molecule has 2 heteroatoms. The molecule has 2 aromatic rings. The number of hydrogen-bond donors (Lipinski definition) is 0. The SMILES string of the molecule is CC(=O)c1ccc2cc[te]c2c1. The van der Waals surface area contributed by atoms with Gasteiger partial charge in [0.2, 0.25) is 0 Å². The van der Waals surface area contributed by atoms with Crippen molar-refractivity contribution in [3.8, 4) is 0 Å². The van der Waals surface area contributed by atoms with Crippen LogP contribution < -0.4 is 0 Å². The van der Waals surface area contributed by atoms with Gasteiger partial charge in [-0.15, -0.1) is 0 Å². The first-order valence-electron chi connectivity index (χ1n) is 3.75. The second-order valence-electron chi connectivity index (χ2n) is 2.73. The molecular weight excluding hydrogens is 264 g/mol. The molecule has 1 nitrogen and oxygen atoms in total. The zero-order valence-corrected chi connectivity index (χ0v) is 9.03. The fraction of sp³-hybridized carbons (Fsp3) is 0.100. The Hall–Kier alpha value is -0.580. The fourth-order valence-electron chi connectivity index (χ4n) is 1.17. The topological polar surface area (TPSA) is 17.1 Å². The van der Waals surface area contributed by atoms with Gasteiger partial charge in [0.15, 0.2) is 0 Å². The van der Waals surface area contributed by atoms with Crippen LogP contribution in [-0.2, 0) is 0 Å². The Morgan fingerprint density at radius 3 is 2.92 bits per heavy atom. The Bertz CT molecular complexity index is 428. The number of Topliss-reactive ketones (excluding diaryl/α,β-unsaturated/α-hetero) is 1. The second-order valence-corrected chi connectivity index (χ2v) is 5.43. The van der Waals surface area contributed by atoms with Crippen molar-refractivity contribution < 1.29 is 4.79 Å². The molecule has 0 unspecified atom stereocenters. The van der Waals surface area contributed by atoms with Crippen LogP contribution in [0.3, 0.4) is 0 Å². The first kappa shape index (κ1) is 8.04. The van der Waals surface area contributed by atoms with E-state index in [0.29, 0.717) is 0 Å². The summed E-state index contributed by atoms with van der Waals surface area (Å²) in [7, 11) is 0. The van der Waals surface area contributed by atoms with E-state index < -0.39 is 0 Å². The fourth-order valence-corrected chi connectivity index (χ4v) is 3.54. The average molecular weight is 272 g/mol. The molecule has 0 aliphatic carbocycles. The molecule has 0 N–H and O–H groups in total. The van der Waals surface area contributed by atoms with Gasteiger partial charge in [-0.3, -0.25) is 0 Å². The summed E-state index contributed by atoms with van der Waals surface area (Å²) in [6, 6.07) is 8.14.